The highest BCUT2D eigenvalue weighted by molar-refractivity contribution is 7.99. The maximum absolute atomic E-state index is 13.3. The number of halogens is 2. The Morgan fingerprint density at radius 3 is 2.73 bits per heavy atom. The average Bonchev–Trinajstić information content (AvgIpc) is 2.81. The molecule has 0 saturated carbocycles. The van der Waals surface area contributed by atoms with Crippen molar-refractivity contribution >= 4 is 34.3 Å². The van der Waals surface area contributed by atoms with Crippen LogP contribution in [0.2, 0.25) is 5.02 Å². The molecule has 134 valence electrons. The first-order valence-corrected chi connectivity index (χ1v) is 9.27. The number of hydrogen-bond donors (Lipinski definition) is 1. The molecule has 4 rings (SSSR count). The molecule has 1 aliphatic heterocycles. The SMILES string of the molecule is CO[C@H]1CSc2c(-c3ccc(F)cc3)c(Cl)cc3c(=O)[nH]c(=O)n(c23)C1. The van der Waals surface area contributed by atoms with Gasteiger partial charge in [0.15, 0.2) is 0 Å². The molecular formula is C18H14ClFN2O3S. The highest BCUT2D eigenvalue weighted by Gasteiger charge is 2.25. The van der Waals surface area contributed by atoms with E-state index in [1.165, 1.54) is 28.5 Å². The lowest BCUT2D eigenvalue weighted by Crippen LogP contribution is -2.34. The van der Waals surface area contributed by atoms with E-state index in [2.05, 4.69) is 4.98 Å². The minimum Gasteiger partial charge on any atom is -0.379 e. The Morgan fingerprint density at radius 1 is 1.31 bits per heavy atom. The third kappa shape index (κ3) is 2.76. The van der Waals surface area contributed by atoms with Crippen LogP contribution in [0.15, 0.2) is 44.8 Å². The molecule has 0 saturated heterocycles. The minimum atomic E-state index is -0.485. The minimum absolute atomic E-state index is 0.195. The fourth-order valence-corrected chi connectivity index (χ4v) is 4.86. The van der Waals surface area contributed by atoms with Crippen molar-refractivity contribution in [1.29, 1.82) is 0 Å². The van der Waals surface area contributed by atoms with Crippen molar-refractivity contribution in [3.8, 4) is 11.1 Å². The molecule has 0 spiro atoms. The summed E-state index contributed by atoms with van der Waals surface area (Å²) in [5, 5.41) is 0.720. The van der Waals surface area contributed by atoms with Gasteiger partial charge in [-0.15, -0.1) is 11.8 Å². The van der Waals surface area contributed by atoms with Crippen LogP contribution in [0, 0.1) is 5.82 Å². The van der Waals surface area contributed by atoms with Crippen LogP contribution in [0.4, 0.5) is 4.39 Å². The Kier molecular flexibility index (Phi) is 4.38. The van der Waals surface area contributed by atoms with E-state index < -0.39 is 11.2 Å². The zero-order valence-electron chi connectivity index (χ0n) is 13.7. The van der Waals surface area contributed by atoms with Crippen molar-refractivity contribution in [1.82, 2.24) is 9.55 Å². The third-order valence-corrected chi connectivity index (χ3v) is 5.98. The lowest BCUT2D eigenvalue weighted by atomic mass is 10.0. The molecule has 0 aliphatic carbocycles. The van der Waals surface area contributed by atoms with Crippen molar-refractivity contribution in [2.45, 2.75) is 17.5 Å². The van der Waals surface area contributed by atoms with Crippen LogP contribution in [-0.2, 0) is 11.3 Å². The predicted molar refractivity (Wildman–Crippen MR) is 101 cm³/mol. The van der Waals surface area contributed by atoms with Gasteiger partial charge in [0.1, 0.15) is 5.82 Å². The molecule has 0 unspecified atom stereocenters. The van der Waals surface area contributed by atoms with Crippen LogP contribution in [0.3, 0.4) is 0 Å². The van der Waals surface area contributed by atoms with Gasteiger partial charge in [-0.05, 0) is 23.8 Å². The first-order valence-electron chi connectivity index (χ1n) is 7.90. The van der Waals surface area contributed by atoms with Gasteiger partial charge < -0.3 is 4.74 Å². The van der Waals surface area contributed by atoms with Crippen molar-refractivity contribution < 1.29 is 9.13 Å². The van der Waals surface area contributed by atoms with Crippen LogP contribution in [0.1, 0.15) is 0 Å². The summed E-state index contributed by atoms with van der Waals surface area (Å²) in [7, 11) is 1.59. The van der Waals surface area contributed by atoms with Crippen LogP contribution in [-0.4, -0.2) is 28.5 Å². The topological polar surface area (TPSA) is 64.1 Å². The Hall–Kier alpha value is -2.09. The first-order chi connectivity index (χ1) is 12.5. The van der Waals surface area contributed by atoms with Gasteiger partial charge in [-0.1, -0.05) is 23.7 Å². The number of hydrogen-bond acceptors (Lipinski definition) is 4. The van der Waals surface area contributed by atoms with Gasteiger partial charge >= 0.3 is 5.69 Å². The second-order valence-electron chi connectivity index (χ2n) is 6.00. The number of nitrogens with zero attached hydrogens (tertiary/aromatic N) is 1. The first kappa shape index (κ1) is 17.3. The lowest BCUT2D eigenvalue weighted by molar-refractivity contribution is 0.107. The summed E-state index contributed by atoms with van der Waals surface area (Å²) >= 11 is 7.97. The van der Waals surface area contributed by atoms with E-state index in [9.17, 15) is 14.0 Å². The number of aromatic nitrogens is 2. The molecule has 0 radical (unpaired) electrons. The van der Waals surface area contributed by atoms with Gasteiger partial charge in [-0.25, -0.2) is 9.18 Å². The van der Waals surface area contributed by atoms with Gasteiger partial charge in [-0.2, -0.15) is 0 Å². The molecule has 8 heteroatoms. The van der Waals surface area contributed by atoms with Crippen molar-refractivity contribution in [2.75, 3.05) is 12.9 Å². The maximum atomic E-state index is 13.3. The molecule has 1 atom stereocenters. The fraction of sp³-hybridized carbons (Fsp3) is 0.222. The summed E-state index contributed by atoms with van der Waals surface area (Å²) in [6.07, 6.45) is -0.195. The molecular weight excluding hydrogens is 379 g/mol. The van der Waals surface area contributed by atoms with Crippen LogP contribution in [0.25, 0.3) is 22.0 Å². The van der Waals surface area contributed by atoms with Gasteiger partial charge in [0, 0.05) is 23.3 Å². The van der Waals surface area contributed by atoms with E-state index in [1.807, 2.05) is 0 Å². The third-order valence-electron chi connectivity index (χ3n) is 4.45. The molecule has 2 aromatic carbocycles. The molecule has 0 fully saturated rings. The Morgan fingerprint density at radius 2 is 2.04 bits per heavy atom. The number of nitrogens with one attached hydrogen (secondary N) is 1. The molecule has 3 aromatic rings. The normalized spacial score (nSPS) is 16.7. The summed E-state index contributed by atoms with van der Waals surface area (Å²) in [5.41, 5.74) is 0.967. The summed E-state index contributed by atoms with van der Waals surface area (Å²) in [6.45, 7) is 0.326. The molecule has 2 heterocycles. The monoisotopic (exact) mass is 392 g/mol. The van der Waals surface area contributed by atoms with Gasteiger partial charge in [-0.3, -0.25) is 14.3 Å². The van der Waals surface area contributed by atoms with E-state index in [0.29, 0.717) is 33.8 Å². The average molecular weight is 393 g/mol. The van der Waals surface area contributed by atoms with E-state index in [0.717, 1.165) is 10.5 Å². The number of methoxy groups -OCH3 is 1. The predicted octanol–water partition coefficient (Wildman–Crippen LogP) is 3.27. The van der Waals surface area contributed by atoms with Gasteiger partial charge in [0.25, 0.3) is 5.56 Å². The Balaban J connectivity index is 2.12. The van der Waals surface area contributed by atoms with Crippen molar-refractivity contribution in [3.05, 3.63) is 62.0 Å². The number of H-pyrrole nitrogens is 1. The number of rotatable bonds is 2. The van der Waals surface area contributed by atoms with Gasteiger partial charge in [0.05, 0.1) is 28.6 Å². The van der Waals surface area contributed by atoms with E-state index in [-0.39, 0.29) is 11.9 Å². The van der Waals surface area contributed by atoms with Crippen molar-refractivity contribution in [3.63, 3.8) is 0 Å². The molecule has 1 aromatic heterocycles. The highest BCUT2D eigenvalue weighted by atomic mass is 35.5. The molecule has 5 nitrogen and oxygen atoms in total. The smallest absolute Gasteiger partial charge is 0.328 e. The Bertz CT molecular complexity index is 1120. The summed E-state index contributed by atoms with van der Waals surface area (Å²) in [4.78, 5) is 27.8. The Labute approximate surface area is 156 Å². The number of aromatic amines is 1. The van der Waals surface area contributed by atoms with E-state index >= 15 is 0 Å². The standard InChI is InChI=1S/C18H14ClFN2O3S/c1-25-11-7-22-15-12(17(23)21-18(22)24)6-13(19)14(16(15)26-8-11)9-2-4-10(20)5-3-9/h2-6,11H,7-8H2,1H3,(H,21,23,24)/t11-/m1/s1. The second kappa shape index (κ2) is 6.57. The molecule has 1 aliphatic rings. The lowest BCUT2D eigenvalue weighted by Gasteiger charge is -2.15. The summed E-state index contributed by atoms with van der Waals surface area (Å²) in [6, 6.07) is 7.53. The summed E-state index contributed by atoms with van der Waals surface area (Å²) in [5.74, 6) is 0.243. The highest BCUT2D eigenvalue weighted by Crippen LogP contribution is 2.42. The summed E-state index contributed by atoms with van der Waals surface area (Å²) < 4.78 is 20.3. The van der Waals surface area contributed by atoms with Crippen LogP contribution in [0.5, 0.6) is 0 Å². The maximum Gasteiger partial charge on any atom is 0.328 e. The van der Waals surface area contributed by atoms with Crippen LogP contribution >= 0.6 is 23.4 Å². The molecule has 1 N–H and O–H groups in total. The van der Waals surface area contributed by atoms with Crippen LogP contribution < -0.4 is 11.2 Å². The molecule has 26 heavy (non-hydrogen) atoms. The molecule has 0 amide bonds. The van der Waals surface area contributed by atoms with Crippen molar-refractivity contribution in [2.24, 2.45) is 0 Å². The zero-order valence-corrected chi connectivity index (χ0v) is 15.3. The number of ether oxygens (including phenoxy) is 1. The number of benzene rings is 2. The number of thioether (sulfide) groups is 1. The van der Waals surface area contributed by atoms with E-state index in [1.54, 1.807) is 25.3 Å². The fourth-order valence-electron chi connectivity index (χ4n) is 3.17. The zero-order chi connectivity index (χ0) is 18.4. The second-order valence-corrected chi connectivity index (χ2v) is 7.44. The quantitative estimate of drug-likeness (QED) is 0.727. The molecule has 0 bridgehead atoms. The largest absolute Gasteiger partial charge is 0.379 e. The van der Waals surface area contributed by atoms with Gasteiger partial charge in [0.2, 0.25) is 0 Å². The van der Waals surface area contributed by atoms with E-state index in [4.69, 9.17) is 16.3 Å².